The van der Waals surface area contributed by atoms with E-state index in [0.29, 0.717) is 31.7 Å². The lowest BCUT2D eigenvalue weighted by Crippen LogP contribution is -2.39. The number of ether oxygens (including phenoxy) is 1. The Hall–Kier alpha value is -1.18. The smallest absolute Gasteiger partial charge is 0.244 e. The number of hydrogen-bond donors (Lipinski definition) is 2. The predicted molar refractivity (Wildman–Crippen MR) is 67.9 cm³/mol. The van der Waals surface area contributed by atoms with E-state index in [4.69, 9.17) is 4.74 Å². The molecule has 0 spiro atoms. The molecule has 2 heterocycles. The van der Waals surface area contributed by atoms with Crippen LogP contribution in [0.3, 0.4) is 0 Å². The second-order valence-corrected chi connectivity index (χ2v) is 5.81. The van der Waals surface area contributed by atoms with Crippen molar-refractivity contribution in [3.63, 3.8) is 0 Å². The quantitative estimate of drug-likeness (QED) is 0.837. The third-order valence-corrected chi connectivity index (χ3v) is 4.43. The predicted octanol–water partition coefficient (Wildman–Crippen LogP) is 0.581. The van der Waals surface area contributed by atoms with Gasteiger partial charge in [-0.2, -0.15) is 0 Å². The van der Waals surface area contributed by atoms with E-state index in [0.717, 1.165) is 0 Å². The van der Waals surface area contributed by atoms with Crippen LogP contribution in [0.5, 0.6) is 0 Å². The van der Waals surface area contributed by atoms with E-state index < -0.39 is 10.0 Å². The zero-order valence-electron chi connectivity index (χ0n) is 10.2. The molecule has 0 aromatic carbocycles. The first-order chi connectivity index (χ1) is 8.63. The van der Waals surface area contributed by atoms with E-state index in [9.17, 15) is 8.42 Å². The van der Waals surface area contributed by atoms with Crippen molar-refractivity contribution in [2.75, 3.05) is 25.6 Å². The van der Waals surface area contributed by atoms with Gasteiger partial charge in [0.05, 0.1) is 5.69 Å². The molecule has 7 heteroatoms. The summed E-state index contributed by atoms with van der Waals surface area (Å²) in [7, 11) is -1.85. The lowest BCUT2D eigenvalue weighted by molar-refractivity contribution is 0.0832. The molecule has 0 radical (unpaired) electrons. The van der Waals surface area contributed by atoms with Crippen LogP contribution in [-0.2, 0) is 14.8 Å². The van der Waals surface area contributed by atoms with Crippen LogP contribution >= 0.6 is 0 Å². The Morgan fingerprint density at radius 2 is 2.11 bits per heavy atom. The number of anilines is 1. The van der Waals surface area contributed by atoms with Gasteiger partial charge < -0.3 is 10.1 Å². The summed E-state index contributed by atoms with van der Waals surface area (Å²) < 4.78 is 32.4. The van der Waals surface area contributed by atoms with Crippen molar-refractivity contribution >= 4 is 15.7 Å². The molecule has 1 saturated heterocycles. The fourth-order valence-electron chi connectivity index (χ4n) is 1.90. The number of nitrogens with one attached hydrogen (secondary N) is 2. The van der Waals surface area contributed by atoms with E-state index in [-0.39, 0.29) is 10.9 Å². The topological polar surface area (TPSA) is 80.3 Å². The average Bonchev–Trinajstić information content (AvgIpc) is 2.39. The van der Waals surface area contributed by atoms with Crippen LogP contribution in [0, 0.1) is 0 Å². The minimum atomic E-state index is -3.53. The highest BCUT2D eigenvalue weighted by Gasteiger charge is 2.24. The van der Waals surface area contributed by atoms with Gasteiger partial charge in [-0.05, 0) is 18.9 Å². The first-order valence-electron chi connectivity index (χ1n) is 5.85. The molecule has 100 valence electrons. The first kappa shape index (κ1) is 13.3. The molecule has 0 amide bonds. The number of hydrogen-bond acceptors (Lipinski definition) is 5. The minimum Gasteiger partial charge on any atom is -0.387 e. The monoisotopic (exact) mass is 271 g/mol. The first-order valence-corrected chi connectivity index (χ1v) is 7.33. The highest BCUT2D eigenvalue weighted by molar-refractivity contribution is 7.89. The lowest BCUT2D eigenvalue weighted by Gasteiger charge is -2.23. The van der Waals surface area contributed by atoms with Gasteiger partial charge in [-0.1, -0.05) is 0 Å². The van der Waals surface area contributed by atoms with E-state index in [2.05, 4.69) is 15.0 Å². The van der Waals surface area contributed by atoms with Crippen LogP contribution in [0.4, 0.5) is 5.69 Å². The molecular weight excluding hydrogens is 254 g/mol. The second kappa shape index (κ2) is 5.64. The molecule has 1 aromatic heterocycles. The standard InChI is InChI=1S/C11H17N3O3S/c1-12-10-2-5-13-8-11(10)18(15,16)14-9-3-6-17-7-4-9/h2,5,8-9,14H,3-4,6-7H2,1H3,(H,12,13). The largest absolute Gasteiger partial charge is 0.387 e. The Balaban J connectivity index is 2.19. The third kappa shape index (κ3) is 2.98. The van der Waals surface area contributed by atoms with Crippen molar-refractivity contribution in [1.29, 1.82) is 0 Å². The van der Waals surface area contributed by atoms with Gasteiger partial charge in [-0.25, -0.2) is 13.1 Å². The summed E-state index contributed by atoms with van der Waals surface area (Å²) in [6, 6.07) is 1.58. The molecular formula is C11H17N3O3S. The Labute approximate surface area is 107 Å². The van der Waals surface area contributed by atoms with E-state index >= 15 is 0 Å². The molecule has 1 fully saturated rings. The van der Waals surface area contributed by atoms with Crippen LogP contribution in [0.25, 0.3) is 0 Å². The Bertz CT molecular complexity index is 498. The Morgan fingerprint density at radius 3 is 2.78 bits per heavy atom. The van der Waals surface area contributed by atoms with Crippen molar-refractivity contribution in [3.05, 3.63) is 18.5 Å². The molecule has 18 heavy (non-hydrogen) atoms. The van der Waals surface area contributed by atoms with Gasteiger partial charge in [0, 0.05) is 38.7 Å². The summed E-state index contributed by atoms with van der Waals surface area (Å²) >= 11 is 0. The third-order valence-electron chi connectivity index (χ3n) is 2.89. The SMILES string of the molecule is CNc1ccncc1S(=O)(=O)NC1CCOCC1. The zero-order chi connectivity index (χ0) is 13.0. The Kier molecular flexibility index (Phi) is 4.15. The van der Waals surface area contributed by atoms with Crippen molar-refractivity contribution in [1.82, 2.24) is 9.71 Å². The van der Waals surface area contributed by atoms with E-state index in [1.807, 2.05) is 0 Å². The van der Waals surface area contributed by atoms with Crippen LogP contribution in [0.15, 0.2) is 23.4 Å². The molecule has 0 aliphatic carbocycles. The summed E-state index contributed by atoms with van der Waals surface area (Å²) in [5, 5.41) is 2.86. The van der Waals surface area contributed by atoms with Gasteiger partial charge in [0.25, 0.3) is 0 Å². The number of aromatic nitrogens is 1. The van der Waals surface area contributed by atoms with Crippen LogP contribution in [-0.4, -0.2) is 39.7 Å². The van der Waals surface area contributed by atoms with Crippen LogP contribution < -0.4 is 10.0 Å². The highest BCUT2D eigenvalue weighted by Crippen LogP contribution is 2.20. The molecule has 1 aliphatic heterocycles. The summed E-state index contributed by atoms with van der Waals surface area (Å²) in [4.78, 5) is 4.05. The average molecular weight is 271 g/mol. The number of pyridine rings is 1. The van der Waals surface area contributed by atoms with E-state index in [1.54, 1.807) is 19.3 Å². The maximum Gasteiger partial charge on any atom is 0.244 e. The molecule has 6 nitrogen and oxygen atoms in total. The lowest BCUT2D eigenvalue weighted by atomic mass is 10.1. The second-order valence-electron chi connectivity index (χ2n) is 4.13. The van der Waals surface area contributed by atoms with Gasteiger partial charge in [-0.3, -0.25) is 4.98 Å². The molecule has 0 atom stereocenters. The highest BCUT2D eigenvalue weighted by atomic mass is 32.2. The molecule has 2 rings (SSSR count). The van der Waals surface area contributed by atoms with Crippen LogP contribution in [0.1, 0.15) is 12.8 Å². The Morgan fingerprint density at radius 1 is 1.39 bits per heavy atom. The molecule has 2 N–H and O–H groups in total. The van der Waals surface area contributed by atoms with Gasteiger partial charge in [-0.15, -0.1) is 0 Å². The number of rotatable bonds is 4. The normalized spacial score (nSPS) is 17.6. The molecule has 1 aliphatic rings. The summed E-state index contributed by atoms with van der Waals surface area (Å²) in [5.74, 6) is 0. The number of sulfonamides is 1. The van der Waals surface area contributed by atoms with Crippen LogP contribution in [0.2, 0.25) is 0 Å². The molecule has 0 saturated carbocycles. The van der Waals surface area contributed by atoms with Gasteiger partial charge >= 0.3 is 0 Å². The molecule has 0 unspecified atom stereocenters. The van der Waals surface area contributed by atoms with Crippen molar-refractivity contribution in [2.24, 2.45) is 0 Å². The summed E-state index contributed by atoms with van der Waals surface area (Å²) in [6.45, 7) is 1.19. The van der Waals surface area contributed by atoms with Gasteiger partial charge in [0.1, 0.15) is 4.90 Å². The number of nitrogens with zero attached hydrogens (tertiary/aromatic N) is 1. The van der Waals surface area contributed by atoms with Crippen molar-refractivity contribution < 1.29 is 13.2 Å². The van der Waals surface area contributed by atoms with E-state index in [1.165, 1.54) is 6.20 Å². The summed E-state index contributed by atoms with van der Waals surface area (Å²) in [5.41, 5.74) is 0.546. The van der Waals surface area contributed by atoms with Crippen molar-refractivity contribution in [3.8, 4) is 0 Å². The van der Waals surface area contributed by atoms with Gasteiger partial charge in [0.15, 0.2) is 0 Å². The summed E-state index contributed by atoms with van der Waals surface area (Å²) in [6.07, 6.45) is 4.32. The fourth-order valence-corrected chi connectivity index (χ4v) is 3.36. The molecule has 0 bridgehead atoms. The minimum absolute atomic E-state index is 0.0614. The fraction of sp³-hybridized carbons (Fsp3) is 0.545. The molecule has 1 aromatic rings. The zero-order valence-corrected chi connectivity index (χ0v) is 11.0. The van der Waals surface area contributed by atoms with Crippen molar-refractivity contribution in [2.45, 2.75) is 23.8 Å². The maximum atomic E-state index is 12.2. The van der Waals surface area contributed by atoms with Gasteiger partial charge in [0.2, 0.25) is 10.0 Å². The maximum absolute atomic E-state index is 12.2.